The molecule has 1 unspecified atom stereocenters. The third kappa shape index (κ3) is 4.23. The highest BCUT2D eigenvalue weighted by molar-refractivity contribution is 6.30. The van der Waals surface area contributed by atoms with Crippen molar-refractivity contribution in [1.29, 1.82) is 0 Å². The van der Waals surface area contributed by atoms with E-state index in [-0.39, 0.29) is 11.7 Å². The highest BCUT2D eigenvalue weighted by atomic mass is 35.5. The highest BCUT2D eigenvalue weighted by Gasteiger charge is 2.38. The molecule has 3 nitrogen and oxygen atoms in total. The first-order valence-electron chi connectivity index (χ1n) is 11.2. The van der Waals surface area contributed by atoms with Crippen molar-refractivity contribution in [2.45, 2.75) is 19.8 Å². The number of benzene rings is 4. The van der Waals surface area contributed by atoms with E-state index >= 15 is 0 Å². The normalized spacial score (nSPS) is 15.9. The molecule has 168 valence electrons. The maximum Gasteiger partial charge on any atom is 0.195 e. The van der Waals surface area contributed by atoms with Crippen LogP contribution in [0.25, 0.3) is 0 Å². The van der Waals surface area contributed by atoms with Gasteiger partial charge in [-0.15, -0.1) is 0 Å². The Morgan fingerprint density at radius 2 is 1.65 bits per heavy atom. The summed E-state index contributed by atoms with van der Waals surface area (Å²) in [6.07, 6.45) is 1.86. The molecule has 0 amide bonds. The number of halogens is 1. The SMILES string of the molecule is Cc1ccc(C)c(NC=C2C(=O)c3c(Oc4ccc(Cl)cc4)cccc3C2c2ccccc2)c1. The molecule has 1 aliphatic rings. The fourth-order valence-electron chi connectivity index (χ4n) is 4.39. The first kappa shape index (κ1) is 22.0. The number of nitrogens with one attached hydrogen (secondary N) is 1. The lowest BCUT2D eigenvalue weighted by Gasteiger charge is -2.15. The van der Waals surface area contributed by atoms with Gasteiger partial charge in [-0.1, -0.05) is 66.2 Å². The molecule has 0 heterocycles. The van der Waals surface area contributed by atoms with E-state index in [9.17, 15) is 4.79 Å². The van der Waals surface area contributed by atoms with Crippen molar-refractivity contribution in [3.05, 3.63) is 136 Å². The fraction of sp³-hybridized carbons (Fsp3) is 0.100. The van der Waals surface area contributed by atoms with Crippen molar-refractivity contribution in [3.63, 3.8) is 0 Å². The molecule has 0 radical (unpaired) electrons. The summed E-state index contributed by atoms with van der Waals surface area (Å²) in [6.45, 7) is 4.11. The Kier molecular flexibility index (Phi) is 5.95. The minimum absolute atomic E-state index is 0.0359. The van der Waals surface area contributed by atoms with Crippen LogP contribution in [0.15, 0.2) is 103 Å². The molecule has 0 aromatic heterocycles. The summed E-state index contributed by atoms with van der Waals surface area (Å²) >= 11 is 6.02. The minimum Gasteiger partial charge on any atom is -0.457 e. The molecule has 1 atom stereocenters. The lowest BCUT2D eigenvalue weighted by molar-refractivity contribution is 0.103. The molecule has 4 aromatic rings. The zero-order chi connectivity index (χ0) is 23.7. The Balaban J connectivity index is 1.59. The van der Waals surface area contributed by atoms with E-state index in [0.717, 1.165) is 27.9 Å². The number of anilines is 1. The van der Waals surface area contributed by atoms with Gasteiger partial charge >= 0.3 is 0 Å². The largest absolute Gasteiger partial charge is 0.457 e. The number of allylic oxidation sites excluding steroid dienone is 1. The maximum atomic E-state index is 13.8. The van der Waals surface area contributed by atoms with Crippen molar-refractivity contribution in [2.24, 2.45) is 0 Å². The van der Waals surface area contributed by atoms with E-state index in [0.29, 0.717) is 27.7 Å². The van der Waals surface area contributed by atoms with Crippen molar-refractivity contribution in [1.82, 2.24) is 0 Å². The molecule has 1 N–H and O–H groups in total. The second-order valence-electron chi connectivity index (χ2n) is 8.51. The van der Waals surface area contributed by atoms with Gasteiger partial charge in [-0.05, 0) is 72.5 Å². The number of hydrogen-bond acceptors (Lipinski definition) is 3. The van der Waals surface area contributed by atoms with Gasteiger partial charge in [-0.25, -0.2) is 0 Å². The molecule has 0 aliphatic heterocycles. The summed E-state index contributed by atoms with van der Waals surface area (Å²) in [6, 6.07) is 29.3. The van der Waals surface area contributed by atoms with Crippen LogP contribution in [0.3, 0.4) is 0 Å². The molecule has 1 aliphatic carbocycles. The van der Waals surface area contributed by atoms with Crippen LogP contribution >= 0.6 is 11.6 Å². The monoisotopic (exact) mass is 465 g/mol. The van der Waals surface area contributed by atoms with E-state index in [1.165, 1.54) is 0 Å². The molecule has 34 heavy (non-hydrogen) atoms. The predicted octanol–water partition coefficient (Wildman–Crippen LogP) is 8.07. The summed E-state index contributed by atoms with van der Waals surface area (Å²) in [5.41, 5.74) is 6.55. The first-order valence-corrected chi connectivity index (χ1v) is 11.6. The van der Waals surface area contributed by atoms with Crippen LogP contribution in [-0.4, -0.2) is 5.78 Å². The number of carbonyl (C=O) groups is 1. The quantitative estimate of drug-likeness (QED) is 0.303. The topological polar surface area (TPSA) is 38.3 Å². The molecular weight excluding hydrogens is 442 g/mol. The number of fused-ring (bicyclic) bond motifs is 1. The molecule has 0 bridgehead atoms. The third-order valence-corrected chi connectivity index (χ3v) is 6.37. The van der Waals surface area contributed by atoms with Crippen LogP contribution < -0.4 is 10.1 Å². The number of rotatable bonds is 5. The first-order chi connectivity index (χ1) is 16.5. The highest BCUT2D eigenvalue weighted by Crippen LogP contribution is 2.46. The van der Waals surface area contributed by atoms with Gasteiger partial charge < -0.3 is 10.1 Å². The molecule has 4 heteroatoms. The molecule has 5 rings (SSSR count). The van der Waals surface area contributed by atoms with Gasteiger partial charge in [-0.2, -0.15) is 0 Å². The van der Waals surface area contributed by atoms with Gasteiger partial charge in [0.1, 0.15) is 11.5 Å². The Morgan fingerprint density at radius 3 is 2.41 bits per heavy atom. The van der Waals surface area contributed by atoms with Crippen LogP contribution in [0.5, 0.6) is 11.5 Å². The molecule has 0 saturated heterocycles. The zero-order valence-corrected chi connectivity index (χ0v) is 19.8. The van der Waals surface area contributed by atoms with E-state index in [2.05, 4.69) is 49.5 Å². The van der Waals surface area contributed by atoms with E-state index in [1.54, 1.807) is 24.3 Å². The molecule has 4 aromatic carbocycles. The number of ketones is 1. The van der Waals surface area contributed by atoms with E-state index < -0.39 is 0 Å². The Bertz CT molecular complexity index is 1390. The summed E-state index contributed by atoms with van der Waals surface area (Å²) in [5, 5.41) is 4.03. The molecular formula is C30H24ClNO2. The van der Waals surface area contributed by atoms with Crippen molar-refractivity contribution < 1.29 is 9.53 Å². The van der Waals surface area contributed by atoms with Gasteiger partial charge in [0, 0.05) is 28.4 Å². The van der Waals surface area contributed by atoms with Crippen LogP contribution in [0.4, 0.5) is 5.69 Å². The van der Waals surface area contributed by atoms with E-state index in [1.807, 2.05) is 42.6 Å². The van der Waals surface area contributed by atoms with Crippen molar-refractivity contribution in [3.8, 4) is 11.5 Å². The van der Waals surface area contributed by atoms with Crippen LogP contribution in [0.2, 0.25) is 5.02 Å². The second kappa shape index (κ2) is 9.20. The summed E-state index contributed by atoms with van der Waals surface area (Å²) < 4.78 is 6.15. The van der Waals surface area contributed by atoms with Crippen LogP contribution in [0.1, 0.15) is 38.5 Å². The average Bonchev–Trinajstić information content (AvgIpc) is 3.14. The minimum atomic E-state index is -0.185. The Morgan fingerprint density at radius 1 is 0.882 bits per heavy atom. The smallest absolute Gasteiger partial charge is 0.195 e. The summed E-state index contributed by atoms with van der Waals surface area (Å²) in [4.78, 5) is 13.8. The molecule has 0 fully saturated rings. The third-order valence-electron chi connectivity index (χ3n) is 6.12. The van der Waals surface area contributed by atoms with Gasteiger partial charge in [0.05, 0.1) is 5.56 Å². The Hall–Kier alpha value is -3.82. The fourth-order valence-corrected chi connectivity index (χ4v) is 4.52. The number of Topliss-reactive ketones (excluding diaryl/α,β-unsaturated/α-hetero) is 1. The van der Waals surface area contributed by atoms with Gasteiger partial charge in [-0.3, -0.25) is 4.79 Å². The zero-order valence-electron chi connectivity index (χ0n) is 19.0. The summed E-state index contributed by atoms with van der Waals surface area (Å²) in [7, 11) is 0. The van der Waals surface area contributed by atoms with E-state index in [4.69, 9.17) is 16.3 Å². The summed E-state index contributed by atoms with van der Waals surface area (Å²) in [5.74, 6) is 0.954. The predicted molar refractivity (Wildman–Crippen MR) is 138 cm³/mol. The molecule has 0 saturated carbocycles. The van der Waals surface area contributed by atoms with Gasteiger partial charge in [0.25, 0.3) is 0 Å². The van der Waals surface area contributed by atoms with Crippen molar-refractivity contribution >= 4 is 23.1 Å². The van der Waals surface area contributed by atoms with Crippen LogP contribution in [0, 0.1) is 13.8 Å². The van der Waals surface area contributed by atoms with Gasteiger partial charge in [0.15, 0.2) is 5.78 Å². The number of ether oxygens (including phenoxy) is 1. The number of carbonyl (C=O) groups excluding carboxylic acids is 1. The average molecular weight is 466 g/mol. The number of hydrogen-bond donors (Lipinski definition) is 1. The number of aryl methyl sites for hydroxylation is 2. The second-order valence-corrected chi connectivity index (χ2v) is 8.95. The van der Waals surface area contributed by atoms with Gasteiger partial charge in [0.2, 0.25) is 0 Å². The van der Waals surface area contributed by atoms with Crippen LogP contribution in [-0.2, 0) is 0 Å². The standard InChI is InChI=1S/C30H24ClNO2/c1-19-11-12-20(2)26(17-19)32-18-25-28(21-7-4-3-5-8-21)24-9-6-10-27(29(24)30(25)33)34-23-15-13-22(31)14-16-23/h3-18,28,32H,1-2H3. The molecule has 0 spiro atoms. The lowest BCUT2D eigenvalue weighted by atomic mass is 9.90. The van der Waals surface area contributed by atoms with Crippen molar-refractivity contribution in [2.75, 3.05) is 5.32 Å². The Labute approximate surface area is 204 Å². The maximum absolute atomic E-state index is 13.8. The lowest BCUT2D eigenvalue weighted by Crippen LogP contribution is -2.06.